The van der Waals surface area contributed by atoms with Crippen LogP contribution in [0.4, 0.5) is 0 Å². The van der Waals surface area contributed by atoms with E-state index in [1.54, 1.807) is 9.36 Å². The summed E-state index contributed by atoms with van der Waals surface area (Å²) in [5.74, 6) is 2.23. The van der Waals surface area contributed by atoms with Crippen LogP contribution in [0.5, 0.6) is 0 Å². The molecule has 2 aromatic heterocycles. The van der Waals surface area contributed by atoms with Crippen LogP contribution in [0.3, 0.4) is 0 Å². The normalized spacial score (nSPS) is 14.0. The van der Waals surface area contributed by atoms with Crippen LogP contribution < -0.4 is 5.73 Å². The minimum absolute atomic E-state index is 0.0236. The van der Waals surface area contributed by atoms with Crippen LogP contribution in [-0.4, -0.2) is 35.4 Å². The number of nitrogens with two attached hydrogens (primary N) is 1. The molecular formula is C17H19N7O. The van der Waals surface area contributed by atoms with Crippen LogP contribution in [0.25, 0.3) is 0 Å². The van der Waals surface area contributed by atoms with Gasteiger partial charge in [0.25, 0.3) is 5.91 Å². The Balaban J connectivity index is 1.64. The van der Waals surface area contributed by atoms with Gasteiger partial charge in [0, 0.05) is 19.4 Å². The summed E-state index contributed by atoms with van der Waals surface area (Å²) in [6.07, 6.45) is 2.87. The van der Waals surface area contributed by atoms with E-state index in [1.807, 2.05) is 37.4 Å². The van der Waals surface area contributed by atoms with Gasteiger partial charge in [-0.3, -0.25) is 9.48 Å². The number of primary amides is 1. The van der Waals surface area contributed by atoms with Crippen molar-refractivity contribution >= 4 is 5.91 Å². The first-order valence-corrected chi connectivity index (χ1v) is 8.27. The van der Waals surface area contributed by atoms with Gasteiger partial charge in [-0.25, -0.2) is 14.6 Å². The summed E-state index contributed by atoms with van der Waals surface area (Å²) < 4.78 is 3.46. The third kappa shape index (κ3) is 3.28. The number of hydrogen-bond acceptors (Lipinski definition) is 5. The minimum Gasteiger partial charge on any atom is -0.363 e. The van der Waals surface area contributed by atoms with Crippen LogP contribution >= 0.6 is 0 Å². The van der Waals surface area contributed by atoms with Crippen molar-refractivity contribution in [3.8, 4) is 0 Å². The molecule has 0 unspecified atom stereocenters. The summed E-state index contributed by atoms with van der Waals surface area (Å²) in [5, 5.41) is 8.74. The zero-order valence-electron chi connectivity index (χ0n) is 14.0. The summed E-state index contributed by atoms with van der Waals surface area (Å²) >= 11 is 0. The second-order valence-electron chi connectivity index (χ2n) is 6.32. The van der Waals surface area contributed by atoms with Gasteiger partial charge in [-0.15, -0.1) is 5.10 Å². The highest BCUT2D eigenvalue weighted by atomic mass is 16.1. The van der Waals surface area contributed by atoms with Gasteiger partial charge in [-0.1, -0.05) is 30.3 Å². The van der Waals surface area contributed by atoms with E-state index in [4.69, 9.17) is 5.73 Å². The predicted octanol–water partition coefficient (Wildman–Crippen LogP) is 1.02. The molecule has 0 bridgehead atoms. The lowest BCUT2D eigenvalue weighted by atomic mass is 10.1. The first-order valence-electron chi connectivity index (χ1n) is 8.27. The highest BCUT2D eigenvalue weighted by Gasteiger charge is 2.28. The highest BCUT2D eigenvalue weighted by Crippen LogP contribution is 2.38. The molecule has 4 rings (SSSR count). The molecule has 128 valence electrons. The van der Waals surface area contributed by atoms with Gasteiger partial charge < -0.3 is 5.73 Å². The Morgan fingerprint density at radius 1 is 1.16 bits per heavy atom. The van der Waals surface area contributed by atoms with Gasteiger partial charge >= 0.3 is 0 Å². The zero-order chi connectivity index (χ0) is 17.4. The molecule has 25 heavy (non-hydrogen) atoms. The molecule has 0 radical (unpaired) electrons. The van der Waals surface area contributed by atoms with Crippen molar-refractivity contribution in [2.45, 2.75) is 31.7 Å². The second kappa shape index (κ2) is 6.12. The summed E-state index contributed by atoms with van der Waals surface area (Å²) in [6, 6.07) is 9.92. The van der Waals surface area contributed by atoms with Gasteiger partial charge in [0.2, 0.25) is 5.82 Å². The third-order valence-electron chi connectivity index (χ3n) is 4.28. The van der Waals surface area contributed by atoms with E-state index in [1.165, 1.54) is 0 Å². The molecule has 1 saturated carbocycles. The van der Waals surface area contributed by atoms with E-state index in [2.05, 4.69) is 20.2 Å². The monoisotopic (exact) mass is 337 g/mol. The Hall–Kier alpha value is -3.03. The third-order valence-corrected chi connectivity index (χ3v) is 4.28. The number of rotatable bonds is 6. The van der Waals surface area contributed by atoms with E-state index in [9.17, 15) is 4.79 Å². The Bertz CT molecular complexity index is 908. The van der Waals surface area contributed by atoms with Crippen LogP contribution in [0, 0.1) is 0 Å². The Morgan fingerprint density at radius 3 is 2.60 bits per heavy atom. The summed E-state index contributed by atoms with van der Waals surface area (Å²) in [6.45, 7) is 0.401. The van der Waals surface area contributed by atoms with Gasteiger partial charge in [-0.2, -0.15) is 5.10 Å². The molecule has 0 spiro atoms. The maximum absolute atomic E-state index is 11.5. The zero-order valence-corrected chi connectivity index (χ0v) is 14.0. The molecule has 1 aliphatic carbocycles. The molecule has 2 N–H and O–H groups in total. The lowest BCUT2D eigenvalue weighted by Gasteiger charge is -2.05. The molecule has 1 amide bonds. The van der Waals surface area contributed by atoms with Crippen LogP contribution in [-0.2, 0) is 20.0 Å². The van der Waals surface area contributed by atoms with Crippen LogP contribution in [0.1, 0.15) is 52.4 Å². The van der Waals surface area contributed by atoms with Crippen molar-refractivity contribution in [1.29, 1.82) is 0 Å². The first kappa shape index (κ1) is 15.5. The van der Waals surface area contributed by atoms with Crippen molar-refractivity contribution in [2.24, 2.45) is 12.8 Å². The second-order valence-corrected chi connectivity index (χ2v) is 6.32. The number of aryl methyl sites for hydroxylation is 1. The van der Waals surface area contributed by atoms with Crippen molar-refractivity contribution in [3.63, 3.8) is 0 Å². The molecule has 8 nitrogen and oxygen atoms in total. The number of amides is 1. The lowest BCUT2D eigenvalue weighted by Crippen LogP contribution is -2.14. The van der Waals surface area contributed by atoms with Crippen LogP contribution in [0.15, 0.2) is 30.3 Å². The molecule has 0 aliphatic heterocycles. The standard InChI is InChI=1S/C17H19N7O/c1-23-14(20-16(21-23)12-7-8-12)10-24-13(19-17(22-24)15(18)25)9-11-5-3-2-4-6-11/h2-6,12H,7-10H2,1H3,(H2,18,25). The number of hydrogen-bond donors (Lipinski definition) is 1. The number of nitrogens with zero attached hydrogens (tertiary/aromatic N) is 6. The maximum atomic E-state index is 11.5. The van der Waals surface area contributed by atoms with Gasteiger partial charge in [0.1, 0.15) is 18.2 Å². The average Bonchev–Trinajstić information content (AvgIpc) is 3.28. The molecule has 0 saturated heterocycles. The predicted molar refractivity (Wildman–Crippen MR) is 89.9 cm³/mol. The largest absolute Gasteiger partial charge is 0.363 e. The quantitative estimate of drug-likeness (QED) is 0.723. The number of carbonyl (C=O) groups excluding carboxylic acids is 1. The first-order chi connectivity index (χ1) is 12.1. The maximum Gasteiger partial charge on any atom is 0.288 e. The fourth-order valence-electron chi connectivity index (χ4n) is 2.74. The Morgan fingerprint density at radius 2 is 1.92 bits per heavy atom. The van der Waals surface area contributed by atoms with Gasteiger partial charge in [0.15, 0.2) is 5.82 Å². The SMILES string of the molecule is Cn1nc(C2CC2)nc1Cn1nc(C(N)=O)nc1Cc1ccccc1. The molecular weight excluding hydrogens is 318 g/mol. The number of benzene rings is 1. The van der Waals surface area contributed by atoms with E-state index >= 15 is 0 Å². The van der Waals surface area contributed by atoms with E-state index in [0.29, 0.717) is 24.7 Å². The van der Waals surface area contributed by atoms with E-state index in [-0.39, 0.29) is 5.82 Å². The smallest absolute Gasteiger partial charge is 0.288 e. The molecule has 1 aliphatic rings. The van der Waals surface area contributed by atoms with Crippen molar-refractivity contribution in [3.05, 3.63) is 59.2 Å². The Kier molecular flexibility index (Phi) is 3.79. The highest BCUT2D eigenvalue weighted by molar-refractivity contribution is 5.88. The summed E-state index contributed by atoms with van der Waals surface area (Å²) in [7, 11) is 1.87. The lowest BCUT2D eigenvalue weighted by molar-refractivity contribution is 0.0990. The number of carbonyl (C=O) groups is 1. The molecule has 1 aromatic carbocycles. The minimum atomic E-state index is -0.635. The fourth-order valence-corrected chi connectivity index (χ4v) is 2.74. The van der Waals surface area contributed by atoms with Gasteiger partial charge in [0.05, 0.1) is 0 Å². The topological polar surface area (TPSA) is 105 Å². The van der Waals surface area contributed by atoms with Gasteiger partial charge in [-0.05, 0) is 18.4 Å². The molecule has 0 atom stereocenters. The molecule has 3 aromatic rings. The summed E-state index contributed by atoms with van der Waals surface area (Å²) in [5.41, 5.74) is 6.44. The molecule has 1 fully saturated rings. The summed E-state index contributed by atoms with van der Waals surface area (Å²) in [4.78, 5) is 20.4. The Labute approximate surface area is 144 Å². The van der Waals surface area contributed by atoms with Crippen molar-refractivity contribution < 1.29 is 4.79 Å². The van der Waals surface area contributed by atoms with Crippen molar-refractivity contribution in [2.75, 3.05) is 0 Å². The van der Waals surface area contributed by atoms with E-state index < -0.39 is 5.91 Å². The fraction of sp³-hybridized carbons (Fsp3) is 0.353. The average molecular weight is 337 g/mol. The molecule has 8 heteroatoms. The number of aromatic nitrogens is 6. The van der Waals surface area contributed by atoms with Crippen molar-refractivity contribution in [1.82, 2.24) is 29.5 Å². The van der Waals surface area contributed by atoms with Crippen LogP contribution in [0.2, 0.25) is 0 Å². The van der Waals surface area contributed by atoms with E-state index in [0.717, 1.165) is 30.1 Å². The molecule has 2 heterocycles.